The molecule has 0 bridgehead atoms. The molecule has 0 aliphatic rings. The summed E-state index contributed by atoms with van der Waals surface area (Å²) in [5, 5.41) is 13.1. The fourth-order valence-electron chi connectivity index (χ4n) is 1.35. The van der Waals surface area contributed by atoms with Crippen LogP contribution in [-0.2, 0) is 6.54 Å². The van der Waals surface area contributed by atoms with E-state index >= 15 is 0 Å². The highest BCUT2D eigenvalue weighted by atomic mass is 35.5. The van der Waals surface area contributed by atoms with Gasteiger partial charge in [-0.3, -0.25) is 0 Å². The Bertz CT molecular complexity index is 333. The van der Waals surface area contributed by atoms with Crippen LogP contribution in [0.4, 0.5) is 0 Å². The van der Waals surface area contributed by atoms with E-state index in [9.17, 15) is 5.11 Å². The summed E-state index contributed by atoms with van der Waals surface area (Å²) in [6.07, 6.45) is 3.28. The number of thioether (sulfide) groups is 1. The lowest BCUT2D eigenvalue weighted by molar-refractivity contribution is 0.475. The zero-order valence-corrected chi connectivity index (χ0v) is 11.2. The van der Waals surface area contributed by atoms with Gasteiger partial charge in [-0.1, -0.05) is 17.7 Å². The van der Waals surface area contributed by atoms with Crippen molar-refractivity contribution < 1.29 is 5.11 Å². The van der Waals surface area contributed by atoms with Gasteiger partial charge in [0.1, 0.15) is 5.75 Å². The van der Waals surface area contributed by atoms with Crippen molar-refractivity contribution >= 4 is 23.4 Å². The van der Waals surface area contributed by atoms with Crippen molar-refractivity contribution in [3.05, 3.63) is 28.8 Å². The van der Waals surface area contributed by atoms with E-state index < -0.39 is 0 Å². The summed E-state index contributed by atoms with van der Waals surface area (Å²) >= 11 is 7.69. The third kappa shape index (κ3) is 4.64. The zero-order chi connectivity index (χ0) is 12.0. The number of benzene rings is 1. The van der Waals surface area contributed by atoms with Crippen molar-refractivity contribution in [3.63, 3.8) is 0 Å². The second-order valence-corrected chi connectivity index (χ2v) is 5.24. The lowest BCUT2D eigenvalue weighted by Crippen LogP contribution is -2.25. The van der Waals surface area contributed by atoms with Crippen LogP contribution in [0.15, 0.2) is 18.2 Å². The molecule has 16 heavy (non-hydrogen) atoms. The SMILES string of the molecule is CSCCC(C)NCc1ccc(O)c(Cl)c1. The van der Waals surface area contributed by atoms with Gasteiger partial charge < -0.3 is 10.4 Å². The third-order valence-electron chi connectivity index (χ3n) is 2.42. The topological polar surface area (TPSA) is 32.3 Å². The van der Waals surface area contributed by atoms with Crippen LogP contribution in [0.25, 0.3) is 0 Å². The molecule has 0 amide bonds. The molecule has 0 aliphatic heterocycles. The third-order valence-corrected chi connectivity index (χ3v) is 3.37. The highest BCUT2D eigenvalue weighted by Gasteiger charge is 2.03. The maximum absolute atomic E-state index is 9.28. The Morgan fingerprint density at radius 1 is 1.50 bits per heavy atom. The molecule has 1 rings (SSSR count). The predicted molar refractivity (Wildman–Crippen MR) is 72.4 cm³/mol. The second-order valence-electron chi connectivity index (χ2n) is 3.85. The molecule has 0 aromatic heterocycles. The van der Waals surface area contributed by atoms with Gasteiger partial charge in [0, 0.05) is 12.6 Å². The second kappa shape index (κ2) is 7.05. The van der Waals surface area contributed by atoms with Crippen molar-refractivity contribution in [3.8, 4) is 5.75 Å². The molecule has 0 aliphatic carbocycles. The van der Waals surface area contributed by atoms with Gasteiger partial charge in [0.25, 0.3) is 0 Å². The molecular weight excluding hydrogens is 242 g/mol. The standard InChI is InChI=1S/C12H18ClNOS/c1-9(5-6-16-2)14-8-10-3-4-12(15)11(13)7-10/h3-4,7,9,14-15H,5-6,8H2,1-2H3. The molecule has 0 saturated heterocycles. The Hall–Kier alpha value is -0.380. The summed E-state index contributed by atoms with van der Waals surface area (Å²) in [6.45, 7) is 2.97. The molecule has 0 fully saturated rings. The fourth-order valence-corrected chi connectivity index (χ4v) is 2.14. The number of halogens is 1. The quantitative estimate of drug-likeness (QED) is 0.822. The normalized spacial score (nSPS) is 12.7. The molecule has 1 atom stereocenters. The van der Waals surface area contributed by atoms with Crippen LogP contribution in [0.2, 0.25) is 5.02 Å². The van der Waals surface area contributed by atoms with Gasteiger partial charge in [-0.25, -0.2) is 0 Å². The molecule has 0 heterocycles. The van der Waals surface area contributed by atoms with Gasteiger partial charge in [0.2, 0.25) is 0 Å². The monoisotopic (exact) mass is 259 g/mol. The highest BCUT2D eigenvalue weighted by Crippen LogP contribution is 2.23. The summed E-state index contributed by atoms with van der Waals surface area (Å²) in [5.41, 5.74) is 1.10. The van der Waals surface area contributed by atoms with Crippen LogP contribution in [0.1, 0.15) is 18.9 Å². The molecule has 1 unspecified atom stereocenters. The van der Waals surface area contributed by atoms with Crippen LogP contribution in [0.5, 0.6) is 5.75 Å². The predicted octanol–water partition coefficient (Wildman–Crippen LogP) is 3.28. The number of phenolic OH excluding ortho intramolecular Hbond substituents is 1. The summed E-state index contributed by atoms with van der Waals surface area (Å²) in [5.74, 6) is 1.31. The Kier molecular flexibility index (Phi) is 6.03. The molecule has 0 saturated carbocycles. The van der Waals surface area contributed by atoms with Gasteiger partial charge in [-0.2, -0.15) is 11.8 Å². The lowest BCUT2D eigenvalue weighted by atomic mass is 10.2. The maximum Gasteiger partial charge on any atom is 0.134 e. The van der Waals surface area contributed by atoms with Gasteiger partial charge in [0.15, 0.2) is 0 Å². The van der Waals surface area contributed by atoms with Crippen molar-refractivity contribution in [1.29, 1.82) is 0 Å². The molecule has 1 aromatic carbocycles. The molecule has 90 valence electrons. The minimum absolute atomic E-state index is 0.140. The van der Waals surface area contributed by atoms with Crippen molar-refractivity contribution in [2.75, 3.05) is 12.0 Å². The van der Waals surface area contributed by atoms with E-state index in [4.69, 9.17) is 11.6 Å². The Labute approximate surface area is 106 Å². The van der Waals surface area contributed by atoms with E-state index in [0.717, 1.165) is 18.5 Å². The van der Waals surface area contributed by atoms with Gasteiger partial charge in [0.05, 0.1) is 5.02 Å². The van der Waals surface area contributed by atoms with E-state index in [1.807, 2.05) is 17.8 Å². The van der Waals surface area contributed by atoms with Crippen LogP contribution >= 0.6 is 23.4 Å². The summed E-state index contributed by atoms with van der Waals surface area (Å²) in [6, 6.07) is 5.81. The van der Waals surface area contributed by atoms with E-state index in [1.165, 1.54) is 5.75 Å². The van der Waals surface area contributed by atoms with Crippen LogP contribution in [-0.4, -0.2) is 23.2 Å². The average Bonchev–Trinajstić information content (AvgIpc) is 2.28. The molecule has 2 N–H and O–H groups in total. The first-order valence-corrected chi connectivity index (χ1v) is 7.10. The van der Waals surface area contributed by atoms with Crippen molar-refractivity contribution in [1.82, 2.24) is 5.32 Å². The molecule has 1 aromatic rings. The number of aromatic hydroxyl groups is 1. The van der Waals surface area contributed by atoms with Gasteiger partial charge >= 0.3 is 0 Å². The first-order chi connectivity index (χ1) is 7.63. The minimum atomic E-state index is 0.140. The highest BCUT2D eigenvalue weighted by molar-refractivity contribution is 7.98. The molecule has 0 spiro atoms. The molecule has 4 heteroatoms. The maximum atomic E-state index is 9.28. The largest absolute Gasteiger partial charge is 0.506 e. The molecular formula is C12H18ClNOS. The van der Waals surface area contributed by atoms with Gasteiger partial charge in [-0.05, 0) is 43.0 Å². The van der Waals surface area contributed by atoms with Crippen molar-refractivity contribution in [2.24, 2.45) is 0 Å². The summed E-state index contributed by atoms with van der Waals surface area (Å²) in [4.78, 5) is 0. The van der Waals surface area contributed by atoms with Crippen LogP contribution in [0.3, 0.4) is 0 Å². The first kappa shape index (κ1) is 13.7. The van der Waals surface area contributed by atoms with Gasteiger partial charge in [-0.15, -0.1) is 0 Å². The van der Waals surface area contributed by atoms with Crippen molar-refractivity contribution in [2.45, 2.75) is 25.9 Å². The lowest BCUT2D eigenvalue weighted by Gasteiger charge is -2.13. The van der Waals surface area contributed by atoms with Crippen LogP contribution in [0, 0.1) is 0 Å². The Morgan fingerprint density at radius 2 is 2.25 bits per heavy atom. The minimum Gasteiger partial charge on any atom is -0.506 e. The molecule has 2 nitrogen and oxygen atoms in total. The smallest absolute Gasteiger partial charge is 0.134 e. The number of nitrogens with one attached hydrogen (secondary N) is 1. The summed E-state index contributed by atoms with van der Waals surface area (Å²) in [7, 11) is 0. The average molecular weight is 260 g/mol. The van der Waals surface area contributed by atoms with E-state index in [-0.39, 0.29) is 5.75 Å². The number of hydrogen-bond donors (Lipinski definition) is 2. The number of phenols is 1. The zero-order valence-electron chi connectivity index (χ0n) is 9.66. The fraction of sp³-hybridized carbons (Fsp3) is 0.500. The summed E-state index contributed by atoms with van der Waals surface area (Å²) < 4.78 is 0. The molecule has 0 radical (unpaired) electrons. The number of hydrogen-bond acceptors (Lipinski definition) is 3. The van der Waals surface area contributed by atoms with E-state index in [1.54, 1.807) is 12.1 Å². The van der Waals surface area contributed by atoms with Crippen LogP contribution < -0.4 is 5.32 Å². The number of rotatable bonds is 6. The Balaban J connectivity index is 2.39. The van der Waals surface area contributed by atoms with E-state index in [0.29, 0.717) is 11.1 Å². The van der Waals surface area contributed by atoms with E-state index in [2.05, 4.69) is 18.5 Å². The first-order valence-electron chi connectivity index (χ1n) is 5.33. The Morgan fingerprint density at radius 3 is 2.88 bits per heavy atom.